The molecule has 1 fully saturated rings. The minimum absolute atomic E-state index is 0.707. The van der Waals surface area contributed by atoms with Gasteiger partial charge in [0, 0.05) is 18.2 Å². The van der Waals surface area contributed by atoms with E-state index >= 15 is 0 Å². The largest absolute Gasteiger partial charge is 0.376 e. The molecule has 1 saturated heterocycles. The highest BCUT2D eigenvalue weighted by atomic mass is 15.1. The quantitative estimate of drug-likeness (QED) is 0.509. The van der Waals surface area contributed by atoms with E-state index in [-0.39, 0.29) is 0 Å². The number of fused-ring (bicyclic) bond motifs is 1. The van der Waals surface area contributed by atoms with Gasteiger partial charge in [-0.2, -0.15) is 0 Å². The van der Waals surface area contributed by atoms with Crippen LogP contribution in [0.4, 0.5) is 0 Å². The molecule has 0 bridgehead atoms. The summed E-state index contributed by atoms with van der Waals surface area (Å²) in [5.41, 5.74) is 1.40. The van der Waals surface area contributed by atoms with E-state index in [2.05, 4.69) is 28.9 Å². The molecule has 0 radical (unpaired) electrons. The van der Waals surface area contributed by atoms with Gasteiger partial charge in [0.05, 0.1) is 6.67 Å². The second-order valence-electron chi connectivity index (χ2n) is 2.79. The molecular formula is C8H12N2. The second kappa shape index (κ2) is 2.46. The zero-order valence-corrected chi connectivity index (χ0v) is 5.93. The van der Waals surface area contributed by atoms with Crippen LogP contribution in [0.1, 0.15) is 6.42 Å². The molecule has 0 spiro atoms. The lowest BCUT2D eigenvalue weighted by Gasteiger charge is -2.28. The maximum atomic E-state index is 3.32. The van der Waals surface area contributed by atoms with Crippen LogP contribution in [0.5, 0.6) is 0 Å². The Bertz CT molecular complexity index is 182. The average Bonchev–Trinajstić information content (AvgIpc) is 2.05. The zero-order chi connectivity index (χ0) is 6.81. The molecule has 0 aromatic rings. The molecule has 2 rings (SSSR count). The minimum atomic E-state index is 0.707. The third-order valence-corrected chi connectivity index (χ3v) is 2.08. The van der Waals surface area contributed by atoms with Crippen molar-refractivity contribution in [2.75, 3.05) is 13.2 Å². The molecule has 1 unspecified atom stereocenters. The van der Waals surface area contributed by atoms with Crippen LogP contribution in [0.3, 0.4) is 0 Å². The van der Waals surface area contributed by atoms with Gasteiger partial charge in [0.25, 0.3) is 0 Å². The third-order valence-electron chi connectivity index (χ3n) is 2.08. The van der Waals surface area contributed by atoms with Gasteiger partial charge in [0.2, 0.25) is 0 Å². The van der Waals surface area contributed by atoms with Crippen molar-refractivity contribution < 1.29 is 0 Å². The Labute approximate surface area is 61.0 Å². The van der Waals surface area contributed by atoms with Crippen molar-refractivity contribution in [2.24, 2.45) is 5.92 Å². The zero-order valence-electron chi connectivity index (χ0n) is 5.93. The predicted molar refractivity (Wildman–Crippen MR) is 41.3 cm³/mol. The Morgan fingerprint density at radius 3 is 3.40 bits per heavy atom. The summed E-state index contributed by atoms with van der Waals surface area (Å²) < 4.78 is 0. The Balaban J connectivity index is 2.14. The molecule has 10 heavy (non-hydrogen) atoms. The summed E-state index contributed by atoms with van der Waals surface area (Å²) in [5, 5.41) is 6.62. The number of rotatable bonds is 0. The number of hydrogen-bond donors (Lipinski definition) is 2. The maximum Gasteiger partial charge on any atom is 0.0650 e. The van der Waals surface area contributed by atoms with Crippen LogP contribution in [0.2, 0.25) is 0 Å². The van der Waals surface area contributed by atoms with Crippen molar-refractivity contribution in [3.05, 3.63) is 23.9 Å². The fourth-order valence-electron chi connectivity index (χ4n) is 1.49. The maximum absolute atomic E-state index is 3.32. The highest BCUT2D eigenvalue weighted by molar-refractivity contribution is 5.21. The van der Waals surface area contributed by atoms with E-state index in [4.69, 9.17) is 0 Å². The topological polar surface area (TPSA) is 24.1 Å². The first-order chi connectivity index (χ1) is 4.97. The smallest absolute Gasteiger partial charge is 0.0650 e. The third kappa shape index (κ3) is 0.948. The van der Waals surface area contributed by atoms with Gasteiger partial charge in [-0.3, -0.25) is 5.32 Å². The summed E-state index contributed by atoms with van der Waals surface area (Å²) in [7, 11) is 0. The molecule has 1 aliphatic carbocycles. The van der Waals surface area contributed by atoms with Gasteiger partial charge in [0.15, 0.2) is 0 Å². The number of nitrogens with one attached hydrogen (secondary N) is 2. The molecule has 1 atom stereocenters. The van der Waals surface area contributed by atoms with E-state index in [9.17, 15) is 0 Å². The molecule has 0 aromatic heterocycles. The summed E-state index contributed by atoms with van der Waals surface area (Å²) in [5.74, 6) is 0.707. The Kier molecular flexibility index (Phi) is 1.47. The summed E-state index contributed by atoms with van der Waals surface area (Å²) >= 11 is 0. The summed E-state index contributed by atoms with van der Waals surface area (Å²) in [4.78, 5) is 0. The molecule has 2 nitrogen and oxygen atoms in total. The van der Waals surface area contributed by atoms with E-state index in [1.165, 1.54) is 12.1 Å². The Morgan fingerprint density at radius 1 is 1.50 bits per heavy atom. The van der Waals surface area contributed by atoms with Crippen molar-refractivity contribution >= 4 is 0 Å². The Morgan fingerprint density at radius 2 is 2.50 bits per heavy atom. The van der Waals surface area contributed by atoms with E-state index in [0.717, 1.165) is 13.2 Å². The predicted octanol–water partition coefficient (Wildman–Crippen LogP) is 0.597. The van der Waals surface area contributed by atoms with Crippen LogP contribution in [0.15, 0.2) is 23.9 Å². The van der Waals surface area contributed by atoms with Gasteiger partial charge in [-0.25, -0.2) is 0 Å². The first kappa shape index (κ1) is 5.98. The van der Waals surface area contributed by atoms with E-state index in [1.807, 2.05) is 0 Å². The van der Waals surface area contributed by atoms with Crippen molar-refractivity contribution in [3.63, 3.8) is 0 Å². The molecule has 0 amide bonds. The van der Waals surface area contributed by atoms with Gasteiger partial charge < -0.3 is 5.32 Å². The van der Waals surface area contributed by atoms with Crippen molar-refractivity contribution in [1.29, 1.82) is 0 Å². The fraction of sp³-hybridized carbons (Fsp3) is 0.500. The molecule has 0 aromatic carbocycles. The molecule has 54 valence electrons. The van der Waals surface area contributed by atoms with Gasteiger partial charge >= 0.3 is 0 Å². The second-order valence-corrected chi connectivity index (χ2v) is 2.79. The van der Waals surface area contributed by atoms with Crippen molar-refractivity contribution in [3.8, 4) is 0 Å². The monoisotopic (exact) mass is 136 g/mol. The first-order valence-corrected chi connectivity index (χ1v) is 3.78. The van der Waals surface area contributed by atoms with Crippen LogP contribution < -0.4 is 10.6 Å². The standard InChI is InChI=1S/C8H12N2/c1-2-4-8-7(3-1)5-9-6-10-8/h1-2,4,7,9-10H,3,5-6H2. The first-order valence-electron chi connectivity index (χ1n) is 3.78. The van der Waals surface area contributed by atoms with E-state index in [0.29, 0.717) is 5.92 Å². The normalized spacial score (nSPS) is 30.4. The summed E-state index contributed by atoms with van der Waals surface area (Å²) in [6.45, 7) is 2.05. The molecule has 1 heterocycles. The van der Waals surface area contributed by atoms with Gasteiger partial charge in [-0.05, 0) is 12.5 Å². The lowest BCUT2D eigenvalue weighted by molar-refractivity contribution is 0.436. The highest BCUT2D eigenvalue weighted by Crippen LogP contribution is 2.18. The fourth-order valence-corrected chi connectivity index (χ4v) is 1.49. The van der Waals surface area contributed by atoms with E-state index in [1.54, 1.807) is 0 Å². The molecule has 2 N–H and O–H groups in total. The number of allylic oxidation sites excluding steroid dienone is 3. The highest BCUT2D eigenvalue weighted by Gasteiger charge is 2.17. The summed E-state index contributed by atoms with van der Waals surface area (Å²) in [6.07, 6.45) is 7.72. The SMILES string of the molecule is C1=CCC2CNCNC2=C1. The van der Waals surface area contributed by atoms with Crippen molar-refractivity contribution in [2.45, 2.75) is 6.42 Å². The van der Waals surface area contributed by atoms with Crippen LogP contribution in [0, 0.1) is 5.92 Å². The van der Waals surface area contributed by atoms with Crippen LogP contribution in [-0.4, -0.2) is 13.2 Å². The minimum Gasteiger partial charge on any atom is -0.376 e. The van der Waals surface area contributed by atoms with Gasteiger partial charge in [-0.1, -0.05) is 12.2 Å². The lowest BCUT2D eigenvalue weighted by Crippen LogP contribution is -2.42. The summed E-state index contributed by atoms with van der Waals surface area (Å²) in [6, 6.07) is 0. The van der Waals surface area contributed by atoms with Gasteiger partial charge in [-0.15, -0.1) is 0 Å². The molecule has 2 heteroatoms. The van der Waals surface area contributed by atoms with Crippen LogP contribution in [0.25, 0.3) is 0 Å². The molecule has 0 saturated carbocycles. The number of hydrogen-bond acceptors (Lipinski definition) is 2. The van der Waals surface area contributed by atoms with Crippen LogP contribution in [-0.2, 0) is 0 Å². The van der Waals surface area contributed by atoms with E-state index < -0.39 is 0 Å². The lowest BCUT2D eigenvalue weighted by atomic mass is 9.96. The van der Waals surface area contributed by atoms with Crippen LogP contribution >= 0.6 is 0 Å². The van der Waals surface area contributed by atoms with Gasteiger partial charge in [0.1, 0.15) is 0 Å². The Hall–Kier alpha value is -0.760. The van der Waals surface area contributed by atoms with Crippen molar-refractivity contribution in [1.82, 2.24) is 10.6 Å². The molecular weight excluding hydrogens is 124 g/mol. The average molecular weight is 136 g/mol. The molecule has 1 aliphatic heterocycles. The molecule has 2 aliphatic rings.